The zero-order valence-corrected chi connectivity index (χ0v) is 34.1. The lowest BCUT2D eigenvalue weighted by Crippen LogP contribution is -2.12. The van der Waals surface area contributed by atoms with Crippen molar-refractivity contribution < 1.29 is 0 Å². The van der Waals surface area contributed by atoms with Crippen LogP contribution in [0.4, 0.5) is 17.1 Å². The zero-order valence-electron chi connectivity index (χ0n) is 34.1. The molecule has 0 saturated carbocycles. The number of para-hydroxylation sites is 2. The highest BCUT2D eigenvalue weighted by molar-refractivity contribution is 6.11. The van der Waals surface area contributed by atoms with E-state index in [4.69, 9.17) is 0 Å². The Morgan fingerprint density at radius 1 is 0.274 bits per heavy atom. The molecule has 0 unspecified atom stereocenters. The second-order valence-corrected chi connectivity index (χ2v) is 15.7. The zero-order chi connectivity index (χ0) is 41.2. The molecule has 11 aromatic rings. The predicted molar refractivity (Wildman–Crippen MR) is 263 cm³/mol. The summed E-state index contributed by atoms with van der Waals surface area (Å²) in [5, 5.41) is 2.45. The van der Waals surface area contributed by atoms with Gasteiger partial charge in [0, 0.05) is 33.4 Å². The number of benzene rings is 10. The maximum absolute atomic E-state index is 2.45. The maximum Gasteiger partial charge on any atom is 0.0561 e. The van der Waals surface area contributed by atoms with Gasteiger partial charge in [0.15, 0.2) is 0 Å². The van der Waals surface area contributed by atoms with Crippen LogP contribution in [0.1, 0.15) is 0 Å². The lowest BCUT2D eigenvalue weighted by Gasteiger charge is -2.29. The predicted octanol–water partition coefficient (Wildman–Crippen LogP) is 16.6. The minimum Gasteiger partial charge on any atom is -0.310 e. The fraction of sp³-hybridized carbons (Fsp3) is 0. The molecule has 62 heavy (non-hydrogen) atoms. The van der Waals surface area contributed by atoms with Gasteiger partial charge in [0.1, 0.15) is 0 Å². The Labute approximate surface area is 362 Å². The van der Waals surface area contributed by atoms with Gasteiger partial charge in [0.05, 0.1) is 16.7 Å². The molecule has 0 aliphatic heterocycles. The minimum absolute atomic E-state index is 1.07. The molecule has 11 rings (SSSR count). The molecule has 0 spiro atoms. The van der Waals surface area contributed by atoms with Crippen LogP contribution in [-0.4, -0.2) is 4.57 Å². The fourth-order valence-electron chi connectivity index (χ4n) is 9.22. The summed E-state index contributed by atoms with van der Waals surface area (Å²) in [6.07, 6.45) is 0. The number of hydrogen-bond acceptors (Lipinski definition) is 1. The SMILES string of the molecule is c1ccc(-c2ccccc2-c2ccccc2-c2ccc(N(c3ccc4c5ccccc5n(-c5ccccc5)c4c3)c3cccc(-c4ccccc4)c3-c3ccccc3)cc2)cc1. The number of fused-ring (bicyclic) bond motifs is 3. The van der Waals surface area contributed by atoms with Gasteiger partial charge in [-0.05, 0) is 98.6 Å². The summed E-state index contributed by atoms with van der Waals surface area (Å²) in [4.78, 5) is 2.45. The third-order valence-electron chi connectivity index (χ3n) is 12.0. The highest BCUT2D eigenvalue weighted by atomic mass is 15.1. The van der Waals surface area contributed by atoms with Crippen molar-refractivity contribution in [1.82, 2.24) is 4.57 Å². The van der Waals surface area contributed by atoms with Crippen molar-refractivity contribution >= 4 is 38.9 Å². The highest BCUT2D eigenvalue weighted by Crippen LogP contribution is 2.47. The molecule has 0 N–H and O–H groups in total. The van der Waals surface area contributed by atoms with E-state index in [9.17, 15) is 0 Å². The lowest BCUT2D eigenvalue weighted by molar-refractivity contribution is 1.18. The van der Waals surface area contributed by atoms with E-state index in [-0.39, 0.29) is 0 Å². The second-order valence-electron chi connectivity index (χ2n) is 15.7. The van der Waals surface area contributed by atoms with Crippen molar-refractivity contribution in [2.45, 2.75) is 0 Å². The molecule has 1 aromatic heterocycles. The van der Waals surface area contributed by atoms with Crippen molar-refractivity contribution in [2.24, 2.45) is 0 Å². The van der Waals surface area contributed by atoms with Crippen LogP contribution in [-0.2, 0) is 0 Å². The lowest BCUT2D eigenvalue weighted by atomic mass is 9.89. The number of anilines is 3. The van der Waals surface area contributed by atoms with E-state index < -0.39 is 0 Å². The molecule has 0 aliphatic rings. The van der Waals surface area contributed by atoms with E-state index in [0.717, 1.165) is 39.4 Å². The molecule has 0 bridgehead atoms. The molecular weight excluding hydrogens is 749 g/mol. The van der Waals surface area contributed by atoms with E-state index in [2.05, 4.69) is 264 Å². The Balaban J connectivity index is 1.13. The third-order valence-corrected chi connectivity index (χ3v) is 12.0. The van der Waals surface area contributed by atoms with Crippen LogP contribution in [0, 0.1) is 0 Å². The Morgan fingerprint density at radius 3 is 1.35 bits per heavy atom. The molecule has 0 radical (unpaired) electrons. The standard InChI is InChI=1S/C60H42N2/c1-5-20-43(21-6-1)50-28-13-15-30-53(50)54-31-16-14-29-51(54)45-36-38-48(39-37-45)61(58-35-19-33-52(44-22-7-2-8-23-44)60(58)46-24-9-3-10-25-46)49-40-41-56-55-32-17-18-34-57(55)62(59(56)42-49)47-26-11-4-12-27-47/h1-42H. The number of aromatic nitrogens is 1. The van der Waals surface area contributed by atoms with Crippen LogP contribution >= 0.6 is 0 Å². The van der Waals surface area contributed by atoms with Gasteiger partial charge in [0.25, 0.3) is 0 Å². The first-order chi connectivity index (χ1) is 30.8. The minimum atomic E-state index is 1.07. The molecule has 2 nitrogen and oxygen atoms in total. The van der Waals surface area contributed by atoms with E-state index in [1.165, 1.54) is 60.8 Å². The van der Waals surface area contributed by atoms with Crippen molar-refractivity contribution in [3.8, 4) is 61.3 Å². The largest absolute Gasteiger partial charge is 0.310 e. The molecular formula is C60H42N2. The van der Waals surface area contributed by atoms with Crippen molar-refractivity contribution in [1.29, 1.82) is 0 Å². The van der Waals surface area contributed by atoms with Crippen LogP contribution in [0.25, 0.3) is 83.1 Å². The topological polar surface area (TPSA) is 8.17 Å². The average Bonchev–Trinajstić information content (AvgIpc) is 3.69. The molecule has 10 aromatic carbocycles. The van der Waals surface area contributed by atoms with Crippen LogP contribution in [0.5, 0.6) is 0 Å². The van der Waals surface area contributed by atoms with Crippen LogP contribution < -0.4 is 4.90 Å². The van der Waals surface area contributed by atoms with Crippen molar-refractivity contribution in [3.05, 3.63) is 255 Å². The summed E-state index contributed by atoms with van der Waals surface area (Å²) in [6.45, 7) is 0. The van der Waals surface area contributed by atoms with Gasteiger partial charge in [-0.25, -0.2) is 0 Å². The van der Waals surface area contributed by atoms with Gasteiger partial charge < -0.3 is 9.47 Å². The molecule has 1 heterocycles. The van der Waals surface area contributed by atoms with Crippen LogP contribution in [0.3, 0.4) is 0 Å². The molecule has 2 heteroatoms. The van der Waals surface area contributed by atoms with E-state index in [1.807, 2.05) is 0 Å². The van der Waals surface area contributed by atoms with Gasteiger partial charge in [0.2, 0.25) is 0 Å². The van der Waals surface area contributed by atoms with Gasteiger partial charge in [-0.1, -0.05) is 206 Å². The van der Waals surface area contributed by atoms with Crippen molar-refractivity contribution in [3.63, 3.8) is 0 Å². The molecule has 0 aliphatic carbocycles. The first-order valence-electron chi connectivity index (χ1n) is 21.3. The van der Waals surface area contributed by atoms with Crippen molar-refractivity contribution in [2.75, 3.05) is 4.90 Å². The number of hydrogen-bond donors (Lipinski definition) is 0. The molecule has 0 amide bonds. The maximum atomic E-state index is 2.45. The summed E-state index contributed by atoms with van der Waals surface area (Å²) in [7, 11) is 0. The normalized spacial score (nSPS) is 11.2. The van der Waals surface area contributed by atoms with Gasteiger partial charge in [-0.3, -0.25) is 0 Å². The van der Waals surface area contributed by atoms with Gasteiger partial charge >= 0.3 is 0 Å². The highest BCUT2D eigenvalue weighted by Gasteiger charge is 2.23. The number of rotatable bonds is 9. The van der Waals surface area contributed by atoms with E-state index in [1.54, 1.807) is 0 Å². The average molecular weight is 791 g/mol. The summed E-state index contributed by atoms with van der Waals surface area (Å²) >= 11 is 0. The van der Waals surface area contributed by atoms with Crippen LogP contribution in [0.15, 0.2) is 255 Å². The Kier molecular flexibility index (Phi) is 9.57. The summed E-state index contributed by atoms with van der Waals surface area (Å²) < 4.78 is 2.40. The van der Waals surface area contributed by atoms with E-state index in [0.29, 0.717) is 0 Å². The smallest absolute Gasteiger partial charge is 0.0561 e. The quantitative estimate of drug-likeness (QED) is 0.141. The van der Waals surface area contributed by atoms with Gasteiger partial charge in [-0.15, -0.1) is 0 Å². The molecule has 0 atom stereocenters. The Bertz CT molecular complexity index is 3310. The Morgan fingerprint density at radius 2 is 0.726 bits per heavy atom. The van der Waals surface area contributed by atoms with Crippen LogP contribution in [0.2, 0.25) is 0 Å². The Hall–Kier alpha value is -8.20. The summed E-state index contributed by atoms with van der Waals surface area (Å²) in [5.41, 5.74) is 18.6. The van der Waals surface area contributed by atoms with E-state index >= 15 is 0 Å². The summed E-state index contributed by atoms with van der Waals surface area (Å²) in [6, 6.07) is 92.1. The first-order valence-corrected chi connectivity index (χ1v) is 21.3. The first kappa shape index (κ1) is 36.8. The number of nitrogens with zero attached hydrogens (tertiary/aromatic N) is 2. The summed E-state index contributed by atoms with van der Waals surface area (Å²) in [5.74, 6) is 0. The molecule has 292 valence electrons. The molecule has 0 saturated heterocycles. The molecule has 0 fully saturated rings. The second kappa shape index (κ2) is 16.1. The monoisotopic (exact) mass is 790 g/mol. The fourth-order valence-corrected chi connectivity index (χ4v) is 9.22. The third kappa shape index (κ3) is 6.65. The van der Waals surface area contributed by atoms with Gasteiger partial charge in [-0.2, -0.15) is 0 Å².